The molecule has 8 aromatic carbocycles. The maximum absolute atomic E-state index is 2.50. The topological polar surface area (TPSA) is 3.24 Å². The fraction of sp³-hybridized carbons (Fsp3) is 0.125. The third-order valence-electron chi connectivity index (χ3n) is 11.6. The molecule has 0 unspecified atom stereocenters. The van der Waals surface area contributed by atoms with Crippen molar-refractivity contribution in [2.75, 3.05) is 4.90 Å². The Kier molecular flexibility index (Phi) is 5.75. The number of hydrogen-bond donors (Lipinski definition) is 0. The van der Waals surface area contributed by atoms with Gasteiger partial charge in [0.25, 0.3) is 0 Å². The summed E-state index contributed by atoms with van der Waals surface area (Å²) in [7, 11) is 0. The molecule has 0 fully saturated rings. The lowest BCUT2D eigenvalue weighted by Crippen LogP contribution is -2.18. The number of rotatable bonds is 3. The number of nitrogens with zero attached hydrogens (tertiary/aromatic N) is 1. The molecular weight excluding hydrogens is 591 g/mol. The van der Waals surface area contributed by atoms with Crippen molar-refractivity contribution in [2.24, 2.45) is 0 Å². The summed E-state index contributed by atoms with van der Waals surface area (Å²) in [6, 6.07) is 56.7. The SMILES string of the molecule is CC1(C)c2cc(N(c3ccc4c(c3)C(C)(C)c3c-4ccc4ccccc34)c3cccc4ccccc34)ccc2-c2ccc3ccccc3c21. The summed E-state index contributed by atoms with van der Waals surface area (Å²) < 4.78 is 0. The van der Waals surface area contributed by atoms with Crippen molar-refractivity contribution in [2.45, 2.75) is 38.5 Å². The molecule has 0 spiro atoms. The minimum Gasteiger partial charge on any atom is -0.310 e. The Balaban J connectivity index is 1.20. The van der Waals surface area contributed by atoms with Gasteiger partial charge in [-0.15, -0.1) is 0 Å². The zero-order valence-corrected chi connectivity index (χ0v) is 28.4. The Hall–Kier alpha value is -5.66. The summed E-state index contributed by atoms with van der Waals surface area (Å²) in [5, 5.41) is 7.78. The van der Waals surface area contributed by atoms with Crippen molar-refractivity contribution < 1.29 is 0 Å². The van der Waals surface area contributed by atoms with Gasteiger partial charge >= 0.3 is 0 Å². The van der Waals surface area contributed by atoms with E-state index in [1.807, 2.05) is 0 Å². The number of anilines is 3. The third-order valence-corrected chi connectivity index (χ3v) is 11.6. The molecule has 10 rings (SSSR count). The smallest absolute Gasteiger partial charge is 0.0540 e. The second-order valence-corrected chi connectivity index (χ2v) is 15.0. The van der Waals surface area contributed by atoms with E-state index in [1.165, 1.54) is 93.9 Å². The summed E-state index contributed by atoms with van der Waals surface area (Å²) in [6.45, 7) is 9.59. The fourth-order valence-corrected chi connectivity index (χ4v) is 9.29. The van der Waals surface area contributed by atoms with E-state index in [1.54, 1.807) is 0 Å². The minimum absolute atomic E-state index is 0.144. The summed E-state index contributed by atoms with van der Waals surface area (Å²) in [6.07, 6.45) is 0. The first kappa shape index (κ1) is 28.4. The Morgan fingerprint density at radius 2 is 0.776 bits per heavy atom. The largest absolute Gasteiger partial charge is 0.310 e. The molecule has 1 heteroatoms. The van der Waals surface area contributed by atoms with Gasteiger partial charge in [0.05, 0.1) is 5.69 Å². The maximum atomic E-state index is 2.50. The molecule has 234 valence electrons. The molecule has 0 amide bonds. The molecule has 2 aliphatic carbocycles. The molecule has 2 aliphatic rings. The van der Waals surface area contributed by atoms with E-state index in [0.29, 0.717) is 0 Å². The van der Waals surface area contributed by atoms with Crippen LogP contribution in [0.15, 0.2) is 152 Å². The van der Waals surface area contributed by atoms with Crippen LogP contribution in [0.5, 0.6) is 0 Å². The van der Waals surface area contributed by atoms with E-state index in [4.69, 9.17) is 0 Å². The fourth-order valence-electron chi connectivity index (χ4n) is 9.29. The molecular formula is C48H37N. The predicted octanol–water partition coefficient (Wildman–Crippen LogP) is 13.2. The zero-order chi connectivity index (χ0) is 33.1. The van der Waals surface area contributed by atoms with Crippen molar-refractivity contribution in [3.8, 4) is 22.3 Å². The first-order valence-corrected chi connectivity index (χ1v) is 17.4. The third kappa shape index (κ3) is 3.88. The lowest BCUT2D eigenvalue weighted by molar-refractivity contribution is 0.666. The number of benzene rings is 8. The quantitative estimate of drug-likeness (QED) is 0.188. The highest BCUT2D eigenvalue weighted by Gasteiger charge is 2.39. The van der Waals surface area contributed by atoms with Gasteiger partial charge in [0.1, 0.15) is 0 Å². The second-order valence-electron chi connectivity index (χ2n) is 15.0. The molecule has 49 heavy (non-hydrogen) atoms. The highest BCUT2D eigenvalue weighted by atomic mass is 15.1. The molecule has 8 aromatic rings. The van der Waals surface area contributed by atoms with Crippen LogP contribution in [-0.4, -0.2) is 0 Å². The average Bonchev–Trinajstić information content (AvgIpc) is 3.51. The van der Waals surface area contributed by atoms with E-state index in [0.717, 1.165) is 0 Å². The van der Waals surface area contributed by atoms with Crippen LogP contribution in [0.1, 0.15) is 49.9 Å². The van der Waals surface area contributed by atoms with E-state index in [2.05, 4.69) is 184 Å². The molecule has 0 radical (unpaired) electrons. The van der Waals surface area contributed by atoms with Crippen LogP contribution in [0.25, 0.3) is 54.6 Å². The van der Waals surface area contributed by atoms with Gasteiger partial charge in [-0.1, -0.05) is 149 Å². The molecule has 0 aromatic heterocycles. The van der Waals surface area contributed by atoms with Gasteiger partial charge in [-0.3, -0.25) is 0 Å². The van der Waals surface area contributed by atoms with Crippen molar-refractivity contribution >= 4 is 49.4 Å². The van der Waals surface area contributed by atoms with E-state index < -0.39 is 0 Å². The zero-order valence-electron chi connectivity index (χ0n) is 28.4. The molecule has 0 bridgehead atoms. The maximum Gasteiger partial charge on any atom is 0.0540 e. The van der Waals surface area contributed by atoms with Crippen LogP contribution in [0.3, 0.4) is 0 Å². The summed E-state index contributed by atoms with van der Waals surface area (Å²) in [5.41, 5.74) is 14.3. The lowest BCUT2D eigenvalue weighted by atomic mass is 9.80. The van der Waals surface area contributed by atoms with Gasteiger partial charge in [0, 0.05) is 27.6 Å². The molecule has 0 aliphatic heterocycles. The summed E-state index contributed by atoms with van der Waals surface area (Å²) in [5.74, 6) is 0. The Labute approximate surface area is 288 Å². The Morgan fingerprint density at radius 3 is 1.29 bits per heavy atom. The molecule has 0 atom stereocenters. The second kappa shape index (κ2) is 9.94. The Bertz CT molecular complexity index is 2520. The molecule has 0 saturated heterocycles. The first-order valence-electron chi connectivity index (χ1n) is 17.4. The highest BCUT2D eigenvalue weighted by Crippen LogP contribution is 2.55. The Morgan fingerprint density at radius 1 is 0.367 bits per heavy atom. The summed E-state index contributed by atoms with van der Waals surface area (Å²) >= 11 is 0. The van der Waals surface area contributed by atoms with Crippen LogP contribution >= 0.6 is 0 Å². The van der Waals surface area contributed by atoms with Gasteiger partial charge in [-0.2, -0.15) is 0 Å². The average molecular weight is 628 g/mol. The number of fused-ring (bicyclic) bond motifs is 11. The normalized spacial score (nSPS) is 14.9. The van der Waals surface area contributed by atoms with Crippen molar-refractivity contribution in [3.05, 3.63) is 174 Å². The standard InChI is InChI=1S/C48H37N/c1-47(2)42-28-33(22-26-38(42)40-24-20-31-13-6-9-17-36(31)45(40)47)49(44-19-11-15-30-12-5-8-16-35(30)44)34-23-27-39-41-25-21-32-14-7-10-18-37(32)46(41)48(3,4)43(39)29-34/h5-29H,1-4H3. The molecule has 0 heterocycles. The monoisotopic (exact) mass is 627 g/mol. The summed E-state index contributed by atoms with van der Waals surface area (Å²) in [4.78, 5) is 2.50. The number of hydrogen-bond acceptors (Lipinski definition) is 1. The lowest BCUT2D eigenvalue weighted by Gasteiger charge is -2.30. The van der Waals surface area contributed by atoms with Crippen LogP contribution in [0.4, 0.5) is 17.1 Å². The van der Waals surface area contributed by atoms with Crippen LogP contribution < -0.4 is 4.90 Å². The van der Waals surface area contributed by atoms with Gasteiger partial charge in [0.2, 0.25) is 0 Å². The molecule has 0 saturated carbocycles. The molecule has 1 nitrogen and oxygen atoms in total. The van der Waals surface area contributed by atoms with Crippen LogP contribution in [0, 0.1) is 0 Å². The first-order chi connectivity index (χ1) is 23.8. The molecule has 0 N–H and O–H groups in total. The van der Waals surface area contributed by atoms with E-state index >= 15 is 0 Å². The van der Waals surface area contributed by atoms with E-state index in [9.17, 15) is 0 Å². The van der Waals surface area contributed by atoms with Gasteiger partial charge in [0.15, 0.2) is 0 Å². The van der Waals surface area contributed by atoms with Crippen LogP contribution in [-0.2, 0) is 10.8 Å². The van der Waals surface area contributed by atoms with Crippen molar-refractivity contribution in [1.82, 2.24) is 0 Å². The van der Waals surface area contributed by atoms with Gasteiger partial charge < -0.3 is 4.90 Å². The van der Waals surface area contributed by atoms with Crippen molar-refractivity contribution in [1.29, 1.82) is 0 Å². The van der Waals surface area contributed by atoms with Crippen LogP contribution in [0.2, 0.25) is 0 Å². The van der Waals surface area contributed by atoms with Gasteiger partial charge in [-0.25, -0.2) is 0 Å². The van der Waals surface area contributed by atoms with Crippen molar-refractivity contribution in [3.63, 3.8) is 0 Å². The van der Waals surface area contributed by atoms with Gasteiger partial charge in [-0.05, 0) is 102 Å². The highest BCUT2D eigenvalue weighted by molar-refractivity contribution is 6.02. The predicted molar refractivity (Wildman–Crippen MR) is 209 cm³/mol. The van der Waals surface area contributed by atoms with E-state index in [-0.39, 0.29) is 10.8 Å². The minimum atomic E-state index is -0.144.